The molecule has 0 fully saturated rings. The molecule has 22 heavy (non-hydrogen) atoms. The van der Waals surface area contributed by atoms with E-state index in [1.807, 2.05) is 0 Å². The van der Waals surface area contributed by atoms with Crippen LogP contribution in [-0.4, -0.2) is 30.1 Å². The molecule has 0 radical (unpaired) electrons. The third-order valence-electron chi connectivity index (χ3n) is 2.29. The maximum atomic E-state index is 11.7. The molecule has 0 bridgehead atoms. The fraction of sp³-hybridized carbons (Fsp3) is 0.286. The Bertz CT molecular complexity index is 577. The van der Waals surface area contributed by atoms with E-state index in [-0.39, 0.29) is 30.4 Å². The van der Waals surface area contributed by atoms with E-state index in [4.69, 9.17) is 14.2 Å². The quantitative estimate of drug-likeness (QED) is 0.249. The molecule has 0 saturated heterocycles. The standard InChI is InChI=1S/C14H15NO7/c1-3-20-13(16)9-12(14(17)21-4-2)22-11-7-5-10(6-8-11)15(18)19/h5-9H,3-4H2,1-2H3/b12-9+. The van der Waals surface area contributed by atoms with Crippen molar-refractivity contribution in [1.82, 2.24) is 0 Å². The van der Waals surface area contributed by atoms with Crippen molar-refractivity contribution in [3.63, 3.8) is 0 Å². The molecule has 0 spiro atoms. The van der Waals surface area contributed by atoms with Gasteiger partial charge in [0.25, 0.3) is 5.69 Å². The summed E-state index contributed by atoms with van der Waals surface area (Å²) in [6.45, 7) is 3.46. The number of benzene rings is 1. The average molecular weight is 309 g/mol. The van der Waals surface area contributed by atoms with E-state index >= 15 is 0 Å². The molecule has 1 aromatic carbocycles. The van der Waals surface area contributed by atoms with Crippen molar-refractivity contribution in [1.29, 1.82) is 0 Å². The molecule has 0 aliphatic carbocycles. The summed E-state index contributed by atoms with van der Waals surface area (Å²) in [6.07, 6.45) is 0.864. The van der Waals surface area contributed by atoms with Gasteiger partial charge in [0.15, 0.2) is 0 Å². The molecule has 0 aromatic heterocycles. The fourth-order valence-electron chi connectivity index (χ4n) is 1.39. The van der Waals surface area contributed by atoms with Crippen LogP contribution in [0.2, 0.25) is 0 Å². The number of nitro benzene ring substituents is 1. The van der Waals surface area contributed by atoms with Crippen molar-refractivity contribution < 1.29 is 28.7 Å². The molecule has 0 heterocycles. The smallest absolute Gasteiger partial charge is 0.374 e. The summed E-state index contributed by atoms with van der Waals surface area (Å²) in [5.74, 6) is -1.82. The van der Waals surface area contributed by atoms with Crippen molar-refractivity contribution in [2.75, 3.05) is 13.2 Å². The predicted octanol–water partition coefficient (Wildman–Crippen LogP) is 1.98. The first-order chi connectivity index (χ1) is 10.5. The Morgan fingerprint density at radius 2 is 1.73 bits per heavy atom. The second-order valence-corrected chi connectivity index (χ2v) is 3.83. The van der Waals surface area contributed by atoms with Gasteiger partial charge in [-0.05, 0) is 26.0 Å². The number of nitro groups is 1. The van der Waals surface area contributed by atoms with Gasteiger partial charge in [0.1, 0.15) is 5.75 Å². The molecule has 8 heteroatoms. The van der Waals surface area contributed by atoms with Gasteiger partial charge in [0, 0.05) is 12.1 Å². The molecule has 0 amide bonds. The molecule has 0 unspecified atom stereocenters. The van der Waals surface area contributed by atoms with E-state index in [0.29, 0.717) is 0 Å². The lowest BCUT2D eigenvalue weighted by atomic mass is 10.3. The van der Waals surface area contributed by atoms with Crippen molar-refractivity contribution in [3.05, 3.63) is 46.2 Å². The van der Waals surface area contributed by atoms with Crippen LogP contribution in [-0.2, 0) is 19.1 Å². The van der Waals surface area contributed by atoms with Crippen LogP contribution in [0.4, 0.5) is 5.69 Å². The van der Waals surface area contributed by atoms with Crippen LogP contribution in [0.25, 0.3) is 0 Å². The highest BCUT2D eigenvalue weighted by Crippen LogP contribution is 2.19. The largest absolute Gasteiger partial charge is 0.463 e. The van der Waals surface area contributed by atoms with Crippen molar-refractivity contribution in [2.24, 2.45) is 0 Å². The van der Waals surface area contributed by atoms with Gasteiger partial charge in [0.05, 0.1) is 24.2 Å². The summed E-state index contributed by atoms with van der Waals surface area (Å²) in [4.78, 5) is 33.1. The van der Waals surface area contributed by atoms with Crippen molar-refractivity contribution in [3.8, 4) is 5.75 Å². The Kier molecular flexibility index (Phi) is 6.55. The molecule has 0 saturated carbocycles. The molecule has 0 aliphatic rings. The molecule has 0 aliphatic heterocycles. The lowest BCUT2D eigenvalue weighted by Gasteiger charge is -2.09. The number of rotatable bonds is 7. The number of non-ortho nitro benzene ring substituents is 1. The molecule has 1 rings (SSSR count). The van der Waals surface area contributed by atoms with Gasteiger partial charge in [-0.15, -0.1) is 0 Å². The van der Waals surface area contributed by atoms with E-state index in [1.54, 1.807) is 13.8 Å². The Morgan fingerprint density at radius 3 is 2.23 bits per heavy atom. The van der Waals surface area contributed by atoms with Crippen LogP contribution < -0.4 is 4.74 Å². The number of hydrogen-bond acceptors (Lipinski definition) is 7. The molecular weight excluding hydrogens is 294 g/mol. The van der Waals surface area contributed by atoms with E-state index in [1.165, 1.54) is 24.3 Å². The Morgan fingerprint density at radius 1 is 1.14 bits per heavy atom. The average Bonchev–Trinajstić information content (AvgIpc) is 2.47. The Balaban J connectivity index is 2.94. The molecule has 0 atom stereocenters. The molecule has 0 N–H and O–H groups in total. The van der Waals surface area contributed by atoms with Crippen LogP contribution in [0.15, 0.2) is 36.1 Å². The minimum absolute atomic E-state index is 0.0998. The topological polar surface area (TPSA) is 105 Å². The number of hydrogen-bond donors (Lipinski definition) is 0. The number of carbonyl (C=O) groups is 2. The number of ether oxygens (including phenoxy) is 3. The van der Waals surface area contributed by atoms with Crippen molar-refractivity contribution >= 4 is 17.6 Å². The summed E-state index contributed by atoms with van der Waals surface area (Å²) in [7, 11) is 0. The first-order valence-electron chi connectivity index (χ1n) is 6.45. The second-order valence-electron chi connectivity index (χ2n) is 3.83. The van der Waals surface area contributed by atoms with Crippen LogP contribution in [0.3, 0.4) is 0 Å². The van der Waals surface area contributed by atoms with E-state index < -0.39 is 16.9 Å². The van der Waals surface area contributed by atoms with Gasteiger partial charge >= 0.3 is 11.9 Å². The summed E-state index contributed by atoms with van der Waals surface area (Å²) < 4.78 is 14.7. The van der Waals surface area contributed by atoms with Gasteiger partial charge in [-0.1, -0.05) is 0 Å². The zero-order valence-electron chi connectivity index (χ0n) is 12.1. The number of carbonyl (C=O) groups excluding carboxylic acids is 2. The summed E-state index contributed by atoms with van der Waals surface area (Å²) in [5.41, 5.74) is -0.126. The molecular formula is C14H15NO7. The molecule has 118 valence electrons. The van der Waals surface area contributed by atoms with Crippen molar-refractivity contribution in [2.45, 2.75) is 13.8 Å². The third kappa shape index (κ3) is 5.23. The minimum Gasteiger partial charge on any atom is -0.463 e. The zero-order chi connectivity index (χ0) is 16.5. The normalized spacial score (nSPS) is 10.7. The van der Waals surface area contributed by atoms with Gasteiger partial charge in [-0.2, -0.15) is 0 Å². The van der Waals surface area contributed by atoms with E-state index in [0.717, 1.165) is 6.08 Å². The monoisotopic (exact) mass is 309 g/mol. The molecule has 1 aromatic rings. The first-order valence-corrected chi connectivity index (χ1v) is 6.45. The fourth-order valence-corrected chi connectivity index (χ4v) is 1.39. The minimum atomic E-state index is -0.839. The number of nitrogens with zero attached hydrogens (tertiary/aromatic N) is 1. The van der Waals surface area contributed by atoms with Gasteiger partial charge < -0.3 is 14.2 Å². The van der Waals surface area contributed by atoms with Crippen LogP contribution in [0, 0.1) is 10.1 Å². The molecule has 8 nitrogen and oxygen atoms in total. The van der Waals surface area contributed by atoms with Crippen LogP contribution >= 0.6 is 0 Å². The third-order valence-corrected chi connectivity index (χ3v) is 2.29. The van der Waals surface area contributed by atoms with E-state index in [2.05, 4.69) is 0 Å². The Labute approximate surface area is 126 Å². The Hall–Kier alpha value is -2.90. The van der Waals surface area contributed by atoms with Crippen LogP contribution in [0.1, 0.15) is 13.8 Å². The maximum absolute atomic E-state index is 11.7. The lowest BCUT2D eigenvalue weighted by molar-refractivity contribution is -0.384. The first kappa shape index (κ1) is 17.2. The SMILES string of the molecule is CCOC(=O)/C=C(/Oc1ccc([N+](=O)[O-])cc1)C(=O)OCC. The highest BCUT2D eigenvalue weighted by Gasteiger charge is 2.17. The maximum Gasteiger partial charge on any atom is 0.374 e. The summed E-state index contributed by atoms with van der Waals surface area (Å²) in [5, 5.41) is 10.6. The van der Waals surface area contributed by atoms with Crippen LogP contribution in [0.5, 0.6) is 5.75 Å². The highest BCUT2D eigenvalue weighted by molar-refractivity contribution is 5.95. The number of esters is 2. The van der Waals surface area contributed by atoms with Gasteiger partial charge in [-0.25, -0.2) is 9.59 Å². The van der Waals surface area contributed by atoms with Gasteiger partial charge in [0.2, 0.25) is 5.76 Å². The summed E-state index contributed by atoms with van der Waals surface area (Å²) >= 11 is 0. The second kappa shape index (κ2) is 8.40. The highest BCUT2D eigenvalue weighted by atomic mass is 16.6. The lowest BCUT2D eigenvalue weighted by Crippen LogP contribution is -2.15. The van der Waals surface area contributed by atoms with E-state index in [9.17, 15) is 19.7 Å². The predicted molar refractivity (Wildman–Crippen MR) is 75.1 cm³/mol. The van der Waals surface area contributed by atoms with Gasteiger partial charge in [-0.3, -0.25) is 10.1 Å². The summed E-state index contributed by atoms with van der Waals surface area (Å²) in [6, 6.07) is 5.03. The zero-order valence-corrected chi connectivity index (χ0v) is 12.1.